The quantitative estimate of drug-likeness (QED) is 0.876. The normalized spacial score (nSPS) is 19.4. The zero-order valence-electron chi connectivity index (χ0n) is 14.0. The highest BCUT2D eigenvalue weighted by Gasteiger charge is 2.36. The minimum atomic E-state index is -0.828. The summed E-state index contributed by atoms with van der Waals surface area (Å²) in [6, 6.07) is 20.5. The fourth-order valence-electron chi connectivity index (χ4n) is 3.70. The highest BCUT2D eigenvalue weighted by Crippen LogP contribution is 2.34. The molecule has 2 aromatic carbocycles. The molecule has 1 heterocycles. The third-order valence-electron chi connectivity index (χ3n) is 5.14. The lowest BCUT2D eigenvalue weighted by Crippen LogP contribution is -2.42. The number of aliphatic hydroxyl groups is 1. The van der Waals surface area contributed by atoms with Crippen molar-refractivity contribution in [1.82, 2.24) is 4.90 Å². The molecule has 2 atom stereocenters. The molecule has 23 heavy (non-hydrogen) atoms. The molecule has 0 saturated carbocycles. The summed E-state index contributed by atoms with van der Waals surface area (Å²) in [5, 5.41) is 11.6. The molecule has 122 valence electrons. The predicted molar refractivity (Wildman–Crippen MR) is 95.3 cm³/mol. The van der Waals surface area contributed by atoms with E-state index in [0.717, 1.165) is 12.1 Å². The summed E-state index contributed by atoms with van der Waals surface area (Å²) in [5.41, 5.74) is 1.38. The molecule has 1 aliphatic rings. The van der Waals surface area contributed by atoms with Crippen LogP contribution >= 0.6 is 0 Å². The van der Waals surface area contributed by atoms with Gasteiger partial charge < -0.3 is 10.0 Å². The van der Waals surface area contributed by atoms with Gasteiger partial charge in [0.1, 0.15) is 0 Å². The van der Waals surface area contributed by atoms with Gasteiger partial charge in [0.15, 0.2) is 0 Å². The lowest BCUT2D eigenvalue weighted by molar-refractivity contribution is -0.0277. The SMILES string of the molecule is C[C@@H](CN1CCCC1)[C@@](O)(Cc1ccccc1)c1ccccc1. The zero-order valence-corrected chi connectivity index (χ0v) is 14.0. The molecule has 1 fully saturated rings. The average molecular weight is 309 g/mol. The lowest BCUT2D eigenvalue weighted by atomic mass is 9.77. The molecule has 1 N–H and O–H groups in total. The first-order valence-corrected chi connectivity index (χ1v) is 8.73. The van der Waals surface area contributed by atoms with Crippen LogP contribution in [-0.4, -0.2) is 29.6 Å². The molecule has 0 aliphatic carbocycles. The van der Waals surface area contributed by atoms with E-state index >= 15 is 0 Å². The van der Waals surface area contributed by atoms with Gasteiger partial charge in [0.05, 0.1) is 5.60 Å². The van der Waals surface area contributed by atoms with E-state index in [9.17, 15) is 5.11 Å². The van der Waals surface area contributed by atoms with Crippen LogP contribution in [0.3, 0.4) is 0 Å². The minimum Gasteiger partial charge on any atom is -0.384 e. The molecule has 0 bridgehead atoms. The van der Waals surface area contributed by atoms with Crippen molar-refractivity contribution >= 4 is 0 Å². The molecule has 0 aromatic heterocycles. The van der Waals surface area contributed by atoms with Gasteiger partial charge in [0.25, 0.3) is 0 Å². The van der Waals surface area contributed by atoms with E-state index in [-0.39, 0.29) is 5.92 Å². The Balaban J connectivity index is 1.86. The van der Waals surface area contributed by atoms with Crippen molar-refractivity contribution in [2.24, 2.45) is 5.92 Å². The zero-order chi connectivity index (χ0) is 16.1. The monoisotopic (exact) mass is 309 g/mol. The summed E-state index contributed by atoms with van der Waals surface area (Å²) in [5.74, 6) is 0.184. The first-order valence-electron chi connectivity index (χ1n) is 8.73. The van der Waals surface area contributed by atoms with Crippen molar-refractivity contribution in [3.8, 4) is 0 Å². The van der Waals surface area contributed by atoms with Crippen molar-refractivity contribution in [3.63, 3.8) is 0 Å². The summed E-state index contributed by atoms with van der Waals surface area (Å²) in [6.07, 6.45) is 3.23. The molecule has 2 aromatic rings. The number of hydrogen-bond donors (Lipinski definition) is 1. The number of benzene rings is 2. The van der Waals surface area contributed by atoms with Crippen LogP contribution in [0, 0.1) is 5.92 Å². The predicted octanol–water partition coefficient (Wildman–Crippen LogP) is 3.85. The van der Waals surface area contributed by atoms with Crippen LogP contribution in [0.2, 0.25) is 0 Å². The van der Waals surface area contributed by atoms with E-state index < -0.39 is 5.60 Å². The topological polar surface area (TPSA) is 23.5 Å². The van der Waals surface area contributed by atoms with Crippen molar-refractivity contribution < 1.29 is 5.11 Å². The Bertz CT molecular complexity index is 592. The summed E-state index contributed by atoms with van der Waals surface area (Å²) in [6.45, 7) is 5.48. The second-order valence-electron chi connectivity index (χ2n) is 6.86. The first-order chi connectivity index (χ1) is 11.2. The summed E-state index contributed by atoms with van der Waals surface area (Å²) < 4.78 is 0. The fourth-order valence-corrected chi connectivity index (χ4v) is 3.70. The number of nitrogens with zero attached hydrogens (tertiary/aromatic N) is 1. The van der Waals surface area contributed by atoms with Crippen LogP contribution in [0.5, 0.6) is 0 Å². The molecule has 0 radical (unpaired) electrons. The van der Waals surface area contributed by atoms with Crippen LogP contribution in [0.15, 0.2) is 60.7 Å². The van der Waals surface area contributed by atoms with Gasteiger partial charge in [-0.25, -0.2) is 0 Å². The maximum Gasteiger partial charge on any atom is 0.0974 e. The molecule has 3 rings (SSSR count). The van der Waals surface area contributed by atoms with Gasteiger partial charge in [-0.1, -0.05) is 67.6 Å². The van der Waals surface area contributed by atoms with E-state index in [0.29, 0.717) is 6.42 Å². The maximum absolute atomic E-state index is 11.6. The van der Waals surface area contributed by atoms with Crippen LogP contribution < -0.4 is 0 Å². The second-order valence-corrected chi connectivity index (χ2v) is 6.86. The largest absolute Gasteiger partial charge is 0.384 e. The highest BCUT2D eigenvalue weighted by atomic mass is 16.3. The van der Waals surface area contributed by atoms with Crippen LogP contribution in [0.25, 0.3) is 0 Å². The van der Waals surface area contributed by atoms with Gasteiger partial charge >= 0.3 is 0 Å². The van der Waals surface area contributed by atoms with Gasteiger partial charge in [-0.15, -0.1) is 0 Å². The number of likely N-dealkylation sites (tertiary alicyclic amines) is 1. The maximum atomic E-state index is 11.6. The van der Waals surface area contributed by atoms with Gasteiger partial charge in [0.2, 0.25) is 0 Å². The first kappa shape index (κ1) is 16.2. The van der Waals surface area contributed by atoms with E-state index in [1.807, 2.05) is 36.4 Å². The number of rotatable bonds is 6. The summed E-state index contributed by atoms with van der Waals surface area (Å²) in [4.78, 5) is 2.49. The van der Waals surface area contributed by atoms with Gasteiger partial charge in [-0.2, -0.15) is 0 Å². The third-order valence-corrected chi connectivity index (χ3v) is 5.14. The number of hydrogen-bond acceptors (Lipinski definition) is 2. The van der Waals surface area contributed by atoms with Gasteiger partial charge in [0, 0.05) is 18.9 Å². The highest BCUT2D eigenvalue weighted by molar-refractivity contribution is 5.27. The van der Waals surface area contributed by atoms with Crippen molar-refractivity contribution in [1.29, 1.82) is 0 Å². The van der Waals surface area contributed by atoms with Gasteiger partial charge in [-0.3, -0.25) is 0 Å². The Hall–Kier alpha value is -1.64. The van der Waals surface area contributed by atoms with Crippen LogP contribution in [0.1, 0.15) is 30.9 Å². The standard InChI is InChI=1S/C21H27NO/c1-18(17-22-14-8-9-15-22)21(23,20-12-6-3-7-13-20)16-19-10-4-2-5-11-19/h2-7,10-13,18,23H,8-9,14-17H2,1H3/t18-,21-/m0/s1. The Morgan fingerprint density at radius 3 is 2.13 bits per heavy atom. The Kier molecular flexibility index (Phi) is 5.14. The van der Waals surface area contributed by atoms with Crippen molar-refractivity contribution in [2.75, 3.05) is 19.6 Å². The third kappa shape index (κ3) is 3.82. The smallest absolute Gasteiger partial charge is 0.0974 e. The molecular formula is C21H27NO. The summed E-state index contributed by atoms with van der Waals surface area (Å²) >= 11 is 0. The Labute approximate surface area is 139 Å². The molecule has 0 spiro atoms. The fraction of sp³-hybridized carbons (Fsp3) is 0.429. The van der Waals surface area contributed by atoms with E-state index in [4.69, 9.17) is 0 Å². The van der Waals surface area contributed by atoms with E-state index in [2.05, 4.69) is 36.1 Å². The molecule has 0 unspecified atom stereocenters. The van der Waals surface area contributed by atoms with E-state index in [1.54, 1.807) is 0 Å². The molecule has 2 heteroatoms. The summed E-state index contributed by atoms with van der Waals surface area (Å²) in [7, 11) is 0. The van der Waals surface area contributed by atoms with Gasteiger partial charge in [-0.05, 0) is 37.1 Å². The van der Waals surface area contributed by atoms with Crippen molar-refractivity contribution in [2.45, 2.75) is 31.8 Å². The molecule has 1 aliphatic heterocycles. The minimum absolute atomic E-state index is 0.184. The van der Waals surface area contributed by atoms with E-state index in [1.165, 1.54) is 31.5 Å². The average Bonchev–Trinajstić information content (AvgIpc) is 3.09. The lowest BCUT2D eigenvalue weighted by Gasteiger charge is -2.37. The second kappa shape index (κ2) is 7.29. The van der Waals surface area contributed by atoms with Crippen LogP contribution in [-0.2, 0) is 12.0 Å². The Morgan fingerprint density at radius 2 is 1.52 bits per heavy atom. The molecular weight excluding hydrogens is 282 g/mol. The molecule has 1 saturated heterocycles. The van der Waals surface area contributed by atoms with Crippen LogP contribution in [0.4, 0.5) is 0 Å². The molecule has 0 amide bonds. The van der Waals surface area contributed by atoms with Crippen molar-refractivity contribution in [3.05, 3.63) is 71.8 Å². The Morgan fingerprint density at radius 1 is 0.957 bits per heavy atom. The molecule has 2 nitrogen and oxygen atoms in total.